The molecule has 1 N–H and O–H groups in total. The highest BCUT2D eigenvalue weighted by Gasteiger charge is 2.28. The van der Waals surface area contributed by atoms with Crippen molar-refractivity contribution >= 4 is 5.97 Å². The van der Waals surface area contributed by atoms with Crippen molar-refractivity contribution in [3.63, 3.8) is 0 Å². The molecular formula is C29H44N2O4. The second-order valence-corrected chi connectivity index (χ2v) is 11.4. The molecule has 0 radical (unpaired) electrons. The maximum Gasteiger partial charge on any atom is 0.323 e. The number of carbonyl (C=O) groups excluding carboxylic acids is 1. The summed E-state index contributed by atoms with van der Waals surface area (Å²) < 4.78 is 17.8. The van der Waals surface area contributed by atoms with Crippen molar-refractivity contribution in [2.45, 2.75) is 105 Å². The number of esters is 1. The molecule has 3 rings (SSSR count). The van der Waals surface area contributed by atoms with E-state index >= 15 is 0 Å². The third kappa shape index (κ3) is 8.46. The summed E-state index contributed by atoms with van der Waals surface area (Å²) in [6.45, 7) is 15.2. The van der Waals surface area contributed by atoms with Crippen molar-refractivity contribution in [3.05, 3.63) is 41.3 Å². The minimum Gasteiger partial charge on any atom is -0.459 e. The molecule has 3 atom stereocenters. The van der Waals surface area contributed by atoms with Crippen molar-refractivity contribution in [1.29, 1.82) is 0 Å². The lowest BCUT2D eigenvalue weighted by atomic mass is 9.85. The monoisotopic (exact) mass is 484 g/mol. The largest absolute Gasteiger partial charge is 0.459 e. The first kappa shape index (κ1) is 27.4. The molecule has 0 aliphatic heterocycles. The van der Waals surface area contributed by atoms with Gasteiger partial charge in [-0.2, -0.15) is 0 Å². The molecule has 0 bridgehead atoms. The fourth-order valence-corrected chi connectivity index (χ4v) is 4.63. The SMILES string of the molecule is Cc1ccc(-c2nc(CO[C@@H]3CCC[C@H](CCN[C@H](C(=O)OC(C)(C)C)C(C)C)C3)c(C)o2)cc1. The van der Waals surface area contributed by atoms with Gasteiger partial charge in [-0.3, -0.25) is 4.79 Å². The van der Waals surface area contributed by atoms with Crippen LogP contribution in [0.2, 0.25) is 0 Å². The van der Waals surface area contributed by atoms with Crippen LogP contribution in [0.5, 0.6) is 0 Å². The van der Waals surface area contributed by atoms with Crippen LogP contribution in [0.1, 0.15) is 83.7 Å². The number of nitrogens with one attached hydrogen (secondary N) is 1. The topological polar surface area (TPSA) is 73.6 Å². The summed E-state index contributed by atoms with van der Waals surface area (Å²) in [5.74, 6) is 2.08. The highest BCUT2D eigenvalue weighted by atomic mass is 16.6. The second-order valence-electron chi connectivity index (χ2n) is 11.4. The Kier molecular flexibility index (Phi) is 9.54. The van der Waals surface area contributed by atoms with E-state index < -0.39 is 5.60 Å². The van der Waals surface area contributed by atoms with Gasteiger partial charge in [0.15, 0.2) is 0 Å². The summed E-state index contributed by atoms with van der Waals surface area (Å²) in [4.78, 5) is 17.3. The average molecular weight is 485 g/mol. The van der Waals surface area contributed by atoms with Crippen LogP contribution in [0.15, 0.2) is 28.7 Å². The zero-order valence-electron chi connectivity index (χ0n) is 22.6. The Balaban J connectivity index is 1.46. The first-order valence-corrected chi connectivity index (χ1v) is 13.1. The Hall–Kier alpha value is -2.18. The third-order valence-corrected chi connectivity index (χ3v) is 6.63. The minimum absolute atomic E-state index is 0.162. The molecule has 0 spiro atoms. The van der Waals surface area contributed by atoms with E-state index in [9.17, 15) is 4.79 Å². The zero-order chi connectivity index (χ0) is 25.6. The van der Waals surface area contributed by atoms with Crippen molar-refractivity contribution < 1.29 is 18.7 Å². The third-order valence-electron chi connectivity index (χ3n) is 6.63. The number of rotatable bonds is 10. The Morgan fingerprint density at radius 1 is 1.17 bits per heavy atom. The molecule has 1 aliphatic carbocycles. The highest BCUT2D eigenvalue weighted by Crippen LogP contribution is 2.30. The zero-order valence-corrected chi connectivity index (χ0v) is 22.6. The van der Waals surface area contributed by atoms with Crippen LogP contribution in [0, 0.1) is 25.7 Å². The molecule has 194 valence electrons. The fourth-order valence-electron chi connectivity index (χ4n) is 4.63. The van der Waals surface area contributed by atoms with Crippen molar-refractivity contribution in [2.24, 2.45) is 11.8 Å². The number of carbonyl (C=O) groups is 1. The van der Waals surface area contributed by atoms with E-state index in [1.807, 2.05) is 39.8 Å². The molecule has 35 heavy (non-hydrogen) atoms. The van der Waals surface area contributed by atoms with Crippen LogP contribution < -0.4 is 5.32 Å². The average Bonchev–Trinajstić information content (AvgIpc) is 3.15. The van der Waals surface area contributed by atoms with Gasteiger partial charge < -0.3 is 19.2 Å². The maximum absolute atomic E-state index is 12.6. The van der Waals surface area contributed by atoms with Gasteiger partial charge in [-0.1, -0.05) is 44.4 Å². The van der Waals surface area contributed by atoms with Gasteiger partial charge in [0.05, 0.1) is 12.7 Å². The Morgan fingerprint density at radius 3 is 2.54 bits per heavy atom. The lowest BCUT2D eigenvalue weighted by Crippen LogP contribution is -2.45. The number of benzene rings is 1. The molecule has 1 aromatic carbocycles. The molecule has 6 heteroatoms. The summed E-state index contributed by atoms with van der Waals surface area (Å²) in [5, 5.41) is 3.45. The van der Waals surface area contributed by atoms with E-state index in [4.69, 9.17) is 18.9 Å². The molecule has 0 unspecified atom stereocenters. The van der Waals surface area contributed by atoms with Crippen molar-refractivity contribution in [3.8, 4) is 11.5 Å². The van der Waals surface area contributed by atoms with Gasteiger partial charge in [0.25, 0.3) is 0 Å². The van der Waals surface area contributed by atoms with Gasteiger partial charge in [0.2, 0.25) is 5.89 Å². The molecule has 0 amide bonds. The molecule has 1 aromatic heterocycles. The number of oxazole rings is 1. The number of hydrogen-bond acceptors (Lipinski definition) is 6. The van der Waals surface area contributed by atoms with E-state index in [1.54, 1.807) is 0 Å². The Morgan fingerprint density at radius 2 is 1.89 bits per heavy atom. The quantitative estimate of drug-likeness (QED) is 0.395. The standard InChI is InChI=1S/C29H44N2O4/c1-19(2)26(28(32)35-29(5,6)7)30-16-15-22-9-8-10-24(17-22)33-18-25-21(4)34-27(31-25)23-13-11-20(3)12-14-23/h11-14,19,22,24,26,30H,8-10,15-18H2,1-7H3/t22-,24-,26+/m1/s1. The molecule has 1 saturated carbocycles. The lowest BCUT2D eigenvalue weighted by molar-refractivity contribution is -0.158. The summed E-state index contributed by atoms with van der Waals surface area (Å²) in [6, 6.07) is 7.94. The summed E-state index contributed by atoms with van der Waals surface area (Å²) in [7, 11) is 0. The fraction of sp³-hybridized carbons (Fsp3) is 0.655. The van der Waals surface area contributed by atoms with Gasteiger partial charge in [0, 0.05) is 5.56 Å². The molecular weight excluding hydrogens is 440 g/mol. The molecule has 6 nitrogen and oxygen atoms in total. The smallest absolute Gasteiger partial charge is 0.323 e. The van der Waals surface area contributed by atoms with Gasteiger partial charge in [0.1, 0.15) is 23.1 Å². The normalized spacial score (nSPS) is 19.7. The highest BCUT2D eigenvalue weighted by molar-refractivity contribution is 5.76. The molecule has 0 saturated heterocycles. The van der Waals surface area contributed by atoms with E-state index in [2.05, 4.69) is 38.2 Å². The first-order chi connectivity index (χ1) is 16.5. The number of ether oxygens (including phenoxy) is 2. The van der Waals surface area contributed by atoms with Gasteiger partial charge in [-0.15, -0.1) is 0 Å². The minimum atomic E-state index is -0.469. The summed E-state index contributed by atoms with van der Waals surface area (Å²) in [5.41, 5.74) is 2.61. The van der Waals surface area contributed by atoms with Crippen LogP contribution >= 0.6 is 0 Å². The van der Waals surface area contributed by atoms with Crippen LogP contribution in [0.25, 0.3) is 11.5 Å². The van der Waals surface area contributed by atoms with Crippen molar-refractivity contribution in [2.75, 3.05) is 6.54 Å². The van der Waals surface area contributed by atoms with E-state index in [-0.39, 0.29) is 24.0 Å². The molecule has 1 heterocycles. The predicted octanol–water partition coefficient (Wildman–Crippen LogP) is 6.38. The number of hydrogen-bond donors (Lipinski definition) is 1. The number of nitrogens with zero attached hydrogens (tertiary/aromatic N) is 1. The van der Waals surface area contributed by atoms with Crippen LogP contribution in [-0.4, -0.2) is 35.2 Å². The first-order valence-electron chi connectivity index (χ1n) is 13.1. The van der Waals surface area contributed by atoms with E-state index in [1.165, 1.54) is 18.4 Å². The van der Waals surface area contributed by atoms with Gasteiger partial charge >= 0.3 is 5.97 Å². The van der Waals surface area contributed by atoms with Crippen molar-refractivity contribution in [1.82, 2.24) is 10.3 Å². The molecule has 1 aliphatic rings. The second kappa shape index (κ2) is 12.2. The summed E-state index contributed by atoms with van der Waals surface area (Å²) in [6.07, 6.45) is 5.77. The molecule has 2 aromatic rings. The van der Waals surface area contributed by atoms with Crippen LogP contribution in [-0.2, 0) is 20.9 Å². The van der Waals surface area contributed by atoms with Gasteiger partial charge in [-0.05, 0) is 84.4 Å². The van der Waals surface area contributed by atoms with Crippen LogP contribution in [0.3, 0.4) is 0 Å². The summed E-state index contributed by atoms with van der Waals surface area (Å²) >= 11 is 0. The Bertz CT molecular complexity index is 943. The van der Waals surface area contributed by atoms with Crippen LogP contribution in [0.4, 0.5) is 0 Å². The van der Waals surface area contributed by atoms with E-state index in [0.29, 0.717) is 18.4 Å². The number of aromatic nitrogens is 1. The predicted molar refractivity (Wildman–Crippen MR) is 139 cm³/mol. The van der Waals surface area contributed by atoms with E-state index in [0.717, 1.165) is 42.8 Å². The Labute approximate surface area is 211 Å². The number of aryl methyl sites for hydroxylation is 2. The van der Waals surface area contributed by atoms with Gasteiger partial charge in [-0.25, -0.2) is 4.98 Å². The maximum atomic E-state index is 12.6. The molecule has 1 fully saturated rings. The lowest BCUT2D eigenvalue weighted by Gasteiger charge is -2.30.